The zero-order valence-corrected chi connectivity index (χ0v) is 8.02. The molecule has 11 heavy (non-hydrogen) atoms. The Bertz CT molecular complexity index is 152. The highest BCUT2D eigenvalue weighted by molar-refractivity contribution is 9.09. The molecule has 0 aromatic heterocycles. The van der Waals surface area contributed by atoms with Gasteiger partial charge in [-0.05, 0) is 6.92 Å². The Morgan fingerprint density at radius 3 is 2.55 bits per heavy atom. The maximum absolute atomic E-state index is 11.3. The maximum Gasteiger partial charge on any atom is 0.153 e. The van der Waals surface area contributed by atoms with E-state index in [1.54, 1.807) is 0 Å². The molecule has 1 aliphatic rings. The van der Waals surface area contributed by atoms with Crippen LogP contribution in [0.15, 0.2) is 0 Å². The SMILES string of the molecule is CC1(C(=O)CBr)COCOC1. The number of Topliss-reactive ketones (excluding diaryl/α,β-unsaturated/α-hetero) is 1. The second-order valence-corrected chi connectivity index (χ2v) is 3.49. The number of alkyl halides is 1. The quantitative estimate of drug-likeness (QED) is 0.654. The summed E-state index contributed by atoms with van der Waals surface area (Å²) >= 11 is 3.12. The third kappa shape index (κ3) is 2.01. The van der Waals surface area contributed by atoms with E-state index < -0.39 is 5.41 Å². The lowest BCUT2D eigenvalue weighted by Gasteiger charge is -2.30. The van der Waals surface area contributed by atoms with Crippen molar-refractivity contribution in [1.82, 2.24) is 0 Å². The summed E-state index contributed by atoms with van der Waals surface area (Å²) in [7, 11) is 0. The average molecular weight is 223 g/mol. The second-order valence-electron chi connectivity index (χ2n) is 2.93. The molecule has 0 bridgehead atoms. The summed E-state index contributed by atoms with van der Waals surface area (Å²) < 4.78 is 10.1. The molecule has 0 amide bonds. The molecule has 0 radical (unpaired) electrons. The summed E-state index contributed by atoms with van der Waals surface area (Å²) in [5, 5.41) is 0.371. The first-order chi connectivity index (χ1) is 5.19. The first kappa shape index (κ1) is 9.16. The van der Waals surface area contributed by atoms with Gasteiger partial charge in [-0.2, -0.15) is 0 Å². The summed E-state index contributed by atoms with van der Waals surface area (Å²) in [6.07, 6.45) is 0. The minimum atomic E-state index is -0.443. The van der Waals surface area contributed by atoms with E-state index in [-0.39, 0.29) is 5.78 Å². The van der Waals surface area contributed by atoms with Gasteiger partial charge in [-0.15, -0.1) is 0 Å². The van der Waals surface area contributed by atoms with Crippen LogP contribution in [0, 0.1) is 5.41 Å². The van der Waals surface area contributed by atoms with Gasteiger partial charge in [-0.25, -0.2) is 0 Å². The van der Waals surface area contributed by atoms with Crippen LogP contribution in [-0.4, -0.2) is 31.1 Å². The molecule has 0 aliphatic carbocycles. The predicted molar refractivity (Wildman–Crippen MR) is 43.7 cm³/mol. The molecule has 0 saturated carbocycles. The van der Waals surface area contributed by atoms with E-state index >= 15 is 0 Å². The van der Waals surface area contributed by atoms with E-state index in [9.17, 15) is 4.79 Å². The predicted octanol–water partition coefficient (Wildman–Crippen LogP) is 0.961. The first-order valence-corrected chi connectivity index (χ1v) is 4.56. The van der Waals surface area contributed by atoms with Crippen molar-refractivity contribution in [2.75, 3.05) is 25.3 Å². The highest BCUT2D eigenvalue weighted by Crippen LogP contribution is 2.23. The van der Waals surface area contributed by atoms with Gasteiger partial charge in [0.2, 0.25) is 0 Å². The summed E-state index contributed by atoms with van der Waals surface area (Å²) in [6.45, 7) is 3.11. The molecule has 0 aromatic carbocycles. The van der Waals surface area contributed by atoms with Crippen molar-refractivity contribution in [3.8, 4) is 0 Å². The molecular formula is C7H11BrO3. The van der Waals surface area contributed by atoms with Gasteiger partial charge in [0.1, 0.15) is 6.79 Å². The fourth-order valence-electron chi connectivity index (χ4n) is 0.957. The van der Waals surface area contributed by atoms with Crippen molar-refractivity contribution in [2.45, 2.75) is 6.92 Å². The lowest BCUT2D eigenvalue weighted by Crippen LogP contribution is -2.42. The van der Waals surface area contributed by atoms with Gasteiger partial charge in [0, 0.05) is 0 Å². The van der Waals surface area contributed by atoms with Crippen molar-refractivity contribution in [3.63, 3.8) is 0 Å². The highest BCUT2D eigenvalue weighted by atomic mass is 79.9. The number of halogens is 1. The summed E-state index contributed by atoms with van der Waals surface area (Å²) in [6, 6.07) is 0. The van der Waals surface area contributed by atoms with E-state index in [1.165, 1.54) is 0 Å². The Labute approximate surface area is 74.2 Å². The van der Waals surface area contributed by atoms with Crippen LogP contribution in [0.5, 0.6) is 0 Å². The molecule has 0 spiro atoms. The van der Waals surface area contributed by atoms with E-state index in [0.29, 0.717) is 25.3 Å². The molecule has 0 N–H and O–H groups in total. The van der Waals surface area contributed by atoms with Gasteiger partial charge in [0.25, 0.3) is 0 Å². The Morgan fingerprint density at radius 1 is 1.55 bits per heavy atom. The number of ether oxygens (including phenoxy) is 2. The van der Waals surface area contributed by atoms with E-state index in [4.69, 9.17) is 9.47 Å². The number of hydrogen-bond acceptors (Lipinski definition) is 3. The lowest BCUT2D eigenvalue weighted by atomic mass is 9.88. The van der Waals surface area contributed by atoms with Crippen molar-refractivity contribution >= 4 is 21.7 Å². The molecule has 1 heterocycles. The average Bonchev–Trinajstić information content (AvgIpc) is 2.04. The van der Waals surface area contributed by atoms with Crippen LogP contribution >= 0.6 is 15.9 Å². The molecule has 1 aliphatic heterocycles. The summed E-state index contributed by atoms with van der Waals surface area (Å²) in [5.74, 6) is 0.136. The van der Waals surface area contributed by atoms with Crippen molar-refractivity contribution in [1.29, 1.82) is 0 Å². The van der Waals surface area contributed by atoms with Crippen molar-refractivity contribution in [3.05, 3.63) is 0 Å². The van der Waals surface area contributed by atoms with E-state index in [2.05, 4.69) is 15.9 Å². The molecule has 1 rings (SSSR count). The molecule has 0 atom stereocenters. The maximum atomic E-state index is 11.3. The van der Waals surface area contributed by atoms with Gasteiger partial charge < -0.3 is 9.47 Å². The van der Waals surface area contributed by atoms with Crippen molar-refractivity contribution in [2.24, 2.45) is 5.41 Å². The first-order valence-electron chi connectivity index (χ1n) is 3.44. The van der Waals surface area contributed by atoms with Crippen molar-refractivity contribution < 1.29 is 14.3 Å². The lowest BCUT2D eigenvalue weighted by molar-refractivity contribution is -0.170. The van der Waals surface area contributed by atoms with Crippen LogP contribution in [-0.2, 0) is 14.3 Å². The number of carbonyl (C=O) groups is 1. The standard InChI is InChI=1S/C7H11BrO3/c1-7(6(9)2-8)3-10-5-11-4-7/h2-5H2,1H3. The Morgan fingerprint density at radius 2 is 2.09 bits per heavy atom. The van der Waals surface area contributed by atoms with E-state index in [1.807, 2.05) is 6.92 Å². The third-order valence-corrected chi connectivity index (χ3v) is 2.31. The van der Waals surface area contributed by atoms with Gasteiger partial charge in [-0.1, -0.05) is 15.9 Å². The highest BCUT2D eigenvalue weighted by Gasteiger charge is 2.35. The smallest absolute Gasteiger partial charge is 0.153 e. The topological polar surface area (TPSA) is 35.5 Å². The minimum absolute atomic E-state index is 0.136. The normalized spacial score (nSPS) is 23.1. The fourth-order valence-corrected chi connectivity index (χ4v) is 1.63. The molecule has 3 nitrogen and oxygen atoms in total. The number of rotatable bonds is 2. The minimum Gasteiger partial charge on any atom is -0.354 e. The number of hydrogen-bond donors (Lipinski definition) is 0. The van der Waals surface area contributed by atoms with Crippen LogP contribution in [0.25, 0.3) is 0 Å². The second kappa shape index (κ2) is 3.65. The van der Waals surface area contributed by atoms with E-state index in [0.717, 1.165) is 0 Å². The Balaban J connectivity index is 2.56. The van der Waals surface area contributed by atoms with Crippen LogP contribution in [0.3, 0.4) is 0 Å². The van der Waals surface area contributed by atoms with Gasteiger partial charge in [-0.3, -0.25) is 4.79 Å². The molecular weight excluding hydrogens is 212 g/mol. The molecule has 0 aromatic rings. The Kier molecular flexibility index (Phi) is 3.04. The zero-order chi connectivity index (χ0) is 8.32. The molecule has 64 valence electrons. The van der Waals surface area contributed by atoms with Gasteiger partial charge >= 0.3 is 0 Å². The number of ketones is 1. The van der Waals surface area contributed by atoms with Gasteiger partial charge in [0.05, 0.1) is 24.0 Å². The summed E-state index contributed by atoms with van der Waals surface area (Å²) in [5.41, 5.74) is -0.443. The fraction of sp³-hybridized carbons (Fsp3) is 0.857. The molecule has 0 unspecified atom stereocenters. The molecule has 1 fully saturated rings. The third-order valence-electron chi connectivity index (χ3n) is 1.80. The van der Waals surface area contributed by atoms with Crippen LogP contribution in [0.1, 0.15) is 6.92 Å². The summed E-state index contributed by atoms with van der Waals surface area (Å²) in [4.78, 5) is 11.3. The number of carbonyl (C=O) groups excluding carboxylic acids is 1. The largest absolute Gasteiger partial charge is 0.354 e. The van der Waals surface area contributed by atoms with Crippen LogP contribution < -0.4 is 0 Å². The van der Waals surface area contributed by atoms with Crippen LogP contribution in [0.4, 0.5) is 0 Å². The molecule has 1 saturated heterocycles. The van der Waals surface area contributed by atoms with Crippen LogP contribution in [0.2, 0.25) is 0 Å². The van der Waals surface area contributed by atoms with Gasteiger partial charge in [0.15, 0.2) is 5.78 Å². The molecule has 4 heteroatoms. The zero-order valence-electron chi connectivity index (χ0n) is 6.43. The Hall–Kier alpha value is 0.0700. The monoisotopic (exact) mass is 222 g/mol.